The van der Waals surface area contributed by atoms with Crippen LogP contribution in [0.4, 0.5) is 4.79 Å². The van der Waals surface area contributed by atoms with Crippen LogP contribution in [0, 0.1) is 0 Å². The van der Waals surface area contributed by atoms with Crippen molar-refractivity contribution in [3.05, 3.63) is 42.0 Å². The van der Waals surface area contributed by atoms with E-state index in [1.165, 1.54) is 11.9 Å². The van der Waals surface area contributed by atoms with E-state index in [2.05, 4.69) is 27.1 Å². The summed E-state index contributed by atoms with van der Waals surface area (Å²) < 4.78 is 17.6. The molecule has 0 radical (unpaired) electrons. The minimum atomic E-state index is -0.536. The van der Waals surface area contributed by atoms with Crippen molar-refractivity contribution in [2.45, 2.75) is 31.5 Å². The van der Waals surface area contributed by atoms with Gasteiger partial charge in [0.25, 0.3) is 0 Å². The second-order valence-electron chi connectivity index (χ2n) is 6.84. The minimum Gasteiger partial charge on any atom is -0.496 e. The lowest BCUT2D eigenvalue weighted by Gasteiger charge is -2.36. The molecule has 3 heterocycles. The molecule has 2 aliphatic rings. The van der Waals surface area contributed by atoms with E-state index in [1.807, 2.05) is 6.07 Å². The van der Waals surface area contributed by atoms with Crippen molar-refractivity contribution in [3.8, 4) is 5.75 Å². The monoisotopic (exact) mass is 358 g/mol. The number of carbonyl (C=O) groups excluding carboxylic acids is 1. The fourth-order valence-electron chi connectivity index (χ4n) is 3.59. The molecule has 138 valence electrons. The smallest absolute Gasteiger partial charge is 0.496 e. The lowest BCUT2D eigenvalue weighted by atomic mass is 9.92. The number of ether oxygens (including phenoxy) is 3. The maximum Gasteiger partial charge on any atom is 0.509 e. The van der Waals surface area contributed by atoms with Gasteiger partial charge in [-0.25, -0.2) is 14.5 Å². The third kappa shape index (κ3) is 3.50. The number of benzene rings is 1. The van der Waals surface area contributed by atoms with Crippen LogP contribution < -0.4 is 4.74 Å². The molecule has 2 saturated heterocycles. The highest BCUT2D eigenvalue weighted by Crippen LogP contribution is 2.32. The van der Waals surface area contributed by atoms with Crippen LogP contribution >= 0.6 is 0 Å². The first kappa shape index (κ1) is 16.8. The molecular formula is C18H22N4O4. The van der Waals surface area contributed by atoms with Gasteiger partial charge < -0.3 is 14.2 Å². The van der Waals surface area contributed by atoms with Crippen molar-refractivity contribution in [3.63, 3.8) is 0 Å². The molecule has 0 N–H and O–H groups in total. The number of hydrogen-bond acceptors (Lipinski definition) is 7. The van der Waals surface area contributed by atoms with Gasteiger partial charge in [0.2, 0.25) is 0 Å². The molecule has 1 spiro atoms. The first-order valence-electron chi connectivity index (χ1n) is 8.72. The van der Waals surface area contributed by atoms with Crippen molar-refractivity contribution in [1.82, 2.24) is 19.7 Å². The van der Waals surface area contributed by atoms with E-state index in [9.17, 15) is 4.79 Å². The zero-order valence-electron chi connectivity index (χ0n) is 14.8. The summed E-state index contributed by atoms with van der Waals surface area (Å²) in [5.74, 6) is 0.844. The van der Waals surface area contributed by atoms with E-state index < -0.39 is 11.8 Å². The number of cyclic esters (lactones) is 1. The quantitative estimate of drug-likeness (QED) is 0.755. The Morgan fingerprint density at radius 2 is 2.12 bits per heavy atom. The average molecular weight is 358 g/mol. The maximum absolute atomic E-state index is 11.2. The Hall–Kier alpha value is -2.61. The molecule has 2 aliphatic heterocycles. The fraction of sp³-hybridized carbons (Fsp3) is 0.500. The van der Waals surface area contributed by atoms with Crippen LogP contribution in [0.2, 0.25) is 0 Å². The molecule has 8 heteroatoms. The lowest BCUT2D eigenvalue weighted by Crippen LogP contribution is -2.45. The summed E-state index contributed by atoms with van der Waals surface area (Å²) >= 11 is 0. The third-order valence-corrected chi connectivity index (χ3v) is 5.07. The predicted molar refractivity (Wildman–Crippen MR) is 91.8 cm³/mol. The molecule has 0 amide bonds. The average Bonchev–Trinajstić information content (AvgIpc) is 3.28. The molecule has 2 aromatic rings. The number of carbonyl (C=O) groups is 1. The van der Waals surface area contributed by atoms with Crippen LogP contribution in [-0.2, 0) is 22.6 Å². The summed E-state index contributed by atoms with van der Waals surface area (Å²) in [5, 5.41) is 4.17. The summed E-state index contributed by atoms with van der Waals surface area (Å²) in [6, 6.07) is 6.25. The fourth-order valence-corrected chi connectivity index (χ4v) is 3.59. The SMILES string of the molecule is COc1ccc(CN2CCC3(CC2)COC(=O)O3)cc1Cn1cncn1. The number of methoxy groups -OCH3 is 1. The van der Waals surface area contributed by atoms with Crippen LogP contribution in [0.25, 0.3) is 0 Å². The Labute approximate surface area is 151 Å². The van der Waals surface area contributed by atoms with Gasteiger partial charge in [-0.15, -0.1) is 0 Å². The number of aromatic nitrogens is 3. The summed E-state index contributed by atoms with van der Waals surface area (Å²) in [5.41, 5.74) is 1.88. The summed E-state index contributed by atoms with van der Waals surface area (Å²) in [4.78, 5) is 17.6. The summed E-state index contributed by atoms with van der Waals surface area (Å²) in [6.45, 7) is 3.60. The molecule has 2 fully saturated rings. The topological polar surface area (TPSA) is 78.7 Å². The Kier molecular flexibility index (Phi) is 4.50. The highest BCUT2D eigenvalue weighted by Gasteiger charge is 2.44. The minimum absolute atomic E-state index is 0.379. The molecule has 1 aromatic heterocycles. The van der Waals surface area contributed by atoms with Gasteiger partial charge in [-0.2, -0.15) is 5.10 Å². The Bertz CT molecular complexity index is 770. The molecular weight excluding hydrogens is 336 g/mol. The third-order valence-electron chi connectivity index (χ3n) is 5.07. The van der Waals surface area contributed by atoms with Crippen LogP contribution in [0.1, 0.15) is 24.0 Å². The number of hydrogen-bond donors (Lipinski definition) is 0. The van der Waals surface area contributed by atoms with Gasteiger partial charge in [0.05, 0.1) is 13.7 Å². The van der Waals surface area contributed by atoms with Crippen LogP contribution in [0.15, 0.2) is 30.9 Å². The maximum atomic E-state index is 11.2. The van der Waals surface area contributed by atoms with E-state index in [4.69, 9.17) is 14.2 Å². The van der Waals surface area contributed by atoms with Gasteiger partial charge in [0, 0.05) is 38.0 Å². The Balaban J connectivity index is 1.41. The van der Waals surface area contributed by atoms with Gasteiger partial charge in [0.15, 0.2) is 5.60 Å². The molecule has 26 heavy (non-hydrogen) atoms. The van der Waals surface area contributed by atoms with Crippen LogP contribution in [0.5, 0.6) is 5.75 Å². The van der Waals surface area contributed by atoms with Crippen molar-refractivity contribution < 1.29 is 19.0 Å². The van der Waals surface area contributed by atoms with Gasteiger partial charge in [-0.05, 0) is 17.7 Å². The lowest BCUT2D eigenvalue weighted by molar-refractivity contribution is -0.00164. The summed E-state index contributed by atoms with van der Waals surface area (Å²) in [6.07, 6.45) is 4.30. The summed E-state index contributed by atoms with van der Waals surface area (Å²) in [7, 11) is 1.68. The van der Waals surface area contributed by atoms with E-state index in [-0.39, 0.29) is 0 Å². The molecule has 1 aromatic carbocycles. The standard InChI is InChI=1S/C18H22N4O4/c1-24-16-3-2-14(8-15(16)10-22-13-19-12-20-22)9-21-6-4-18(5-7-21)11-25-17(23)26-18/h2-3,8,12-13H,4-7,9-11H2,1H3. The normalized spacial score (nSPS) is 19.3. The molecule has 8 nitrogen and oxygen atoms in total. The first-order chi connectivity index (χ1) is 12.7. The number of nitrogens with zero attached hydrogens (tertiary/aromatic N) is 4. The van der Waals surface area contributed by atoms with Crippen LogP contribution in [-0.4, -0.2) is 58.2 Å². The van der Waals surface area contributed by atoms with E-state index in [0.29, 0.717) is 13.2 Å². The van der Waals surface area contributed by atoms with Gasteiger partial charge in [-0.1, -0.05) is 6.07 Å². The van der Waals surface area contributed by atoms with Crippen molar-refractivity contribution in [1.29, 1.82) is 0 Å². The molecule has 0 bridgehead atoms. The second kappa shape index (κ2) is 6.95. The predicted octanol–water partition coefficient (Wildman–Crippen LogP) is 1.84. The zero-order chi connectivity index (χ0) is 18.0. The Morgan fingerprint density at radius 1 is 1.27 bits per heavy atom. The highest BCUT2D eigenvalue weighted by atomic mass is 16.8. The van der Waals surface area contributed by atoms with E-state index >= 15 is 0 Å². The zero-order valence-corrected chi connectivity index (χ0v) is 14.8. The second-order valence-corrected chi connectivity index (χ2v) is 6.84. The van der Waals surface area contributed by atoms with Crippen molar-refractivity contribution in [2.24, 2.45) is 0 Å². The number of likely N-dealkylation sites (tertiary alicyclic amines) is 1. The first-order valence-corrected chi connectivity index (χ1v) is 8.72. The van der Waals surface area contributed by atoms with Gasteiger partial charge in [0.1, 0.15) is 25.0 Å². The molecule has 0 saturated carbocycles. The van der Waals surface area contributed by atoms with Crippen molar-refractivity contribution >= 4 is 6.16 Å². The molecule has 0 aliphatic carbocycles. The molecule has 0 unspecified atom stereocenters. The molecule has 0 atom stereocenters. The molecule has 4 rings (SSSR count). The van der Waals surface area contributed by atoms with E-state index in [0.717, 1.165) is 43.8 Å². The Morgan fingerprint density at radius 3 is 2.77 bits per heavy atom. The number of rotatable bonds is 5. The van der Waals surface area contributed by atoms with E-state index in [1.54, 1.807) is 18.1 Å². The van der Waals surface area contributed by atoms with Gasteiger partial charge >= 0.3 is 6.16 Å². The van der Waals surface area contributed by atoms with Crippen LogP contribution in [0.3, 0.4) is 0 Å². The largest absolute Gasteiger partial charge is 0.509 e. The number of piperidine rings is 1. The van der Waals surface area contributed by atoms with Crippen molar-refractivity contribution in [2.75, 3.05) is 26.8 Å². The highest BCUT2D eigenvalue weighted by molar-refractivity contribution is 5.62. The van der Waals surface area contributed by atoms with Gasteiger partial charge in [-0.3, -0.25) is 4.90 Å².